The van der Waals surface area contributed by atoms with Crippen LogP contribution in [-0.4, -0.2) is 84.8 Å². The maximum Gasteiger partial charge on any atom is 0.261 e. The molecule has 1 aromatic carbocycles. The lowest BCUT2D eigenvalue weighted by Gasteiger charge is -2.33. The molecule has 1 saturated heterocycles. The lowest BCUT2D eigenvalue weighted by molar-refractivity contribution is -0.121. The summed E-state index contributed by atoms with van der Waals surface area (Å²) in [6.07, 6.45) is 1.05. The lowest BCUT2D eigenvalue weighted by Crippen LogP contribution is -2.46. The van der Waals surface area contributed by atoms with Crippen molar-refractivity contribution in [2.24, 2.45) is 0 Å². The number of amides is 3. The molecule has 0 aromatic heterocycles. The molecule has 2 aliphatic rings. The van der Waals surface area contributed by atoms with Crippen LogP contribution in [0.1, 0.15) is 40.5 Å². The maximum atomic E-state index is 12.3. The van der Waals surface area contributed by atoms with Crippen molar-refractivity contribution >= 4 is 17.7 Å². The van der Waals surface area contributed by atoms with Crippen LogP contribution in [0.25, 0.3) is 0 Å². The van der Waals surface area contributed by atoms with Crippen LogP contribution in [0.4, 0.5) is 0 Å². The van der Waals surface area contributed by atoms with Gasteiger partial charge in [-0.25, -0.2) is 0 Å². The summed E-state index contributed by atoms with van der Waals surface area (Å²) in [6.45, 7) is 9.42. The number of nitrogens with one attached hydrogen (secondary N) is 1. The molecular formula is C20H28N4O3. The Morgan fingerprint density at radius 3 is 2.15 bits per heavy atom. The van der Waals surface area contributed by atoms with Crippen LogP contribution in [0.15, 0.2) is 24.3 Å². The van der Waals surface area contributed by atoms with Crippen LogP contribution in [0.3, 0.4) is 0 Å². The van der Waals surface area contributed by atoms with Gasteiger partial charge in [-0.15, -0.1) is 0 Å². The first-order valence-corrected chi connectivity index (χ1v) is 9.76. The summed E-state index contributed by atoms with van der Waals surface area (Å²) in [5.74, 6) is -0.744. The molecule has 0 unspecified atom stereocenters. The van der Waals surface area contributed by atoms with E-state index in [4.69, 9.17) is 0 Å². The van der Waals surface area contributed by atoms with Crippen molar-refractivity contribution in [1.29, 1.82) is 0 Å². The van der Waals surface area contributed by atoms with Gasteiger partial charge >= 0.3 is 0 Å². The minimum Gasteiger partial charge on any atom is -0.356 e. The summed E-state index contributed by atoms with van der Waals surface area (Å²) in [4.78, 5) is 42.6. The van der Waals surface area contributed by atoms with Crippen LogP contribution in [0.2, 0.25) is 0 Å². The Kier molecular flexibility index (Phi) is 6.58. The standard InChI is InChI=1S/C20H28N4O3/c1-2-22-12-14-23(15-13-22)10-5-9-21-18(25)8-11-24-19(26)16-6-3-4-7-17(16)20(24)27/h3-4,6-7H,2,5,8-15H2,1H3,(H,21,25). The number of rotatable bonds is 8. The van der Waals surface area contributed by atoms with Gasteiger partial charge in [0.2, 0.25) is 5.91 Å². The summed E-state index contributed by atoms with van der Waals surface area (Å²) < 4.78 is 0. The van der Waals surface area contributed by atoms with E-state index in [0.29, 0.717) is 17.7 Å². The molecule has 27 heavy (non-hydrogen) atoms. The predicted molar refractivity (Wildman–Crippen MR) is 103 cm³/mol. The summed E-state index contributed by atoms with van der Waals surface area (Å²) in [5.41, 5.74) is 0.845. The molecule has 146 valence electrons. The lowest BCUT2D eigenvalue weighted by atomic mass is 10.1. The fourth-order valence-electron chi connectivity index (χ4n) is 3.60. The Morgan fingerprint density at radius 2 is 1.56 bits per heavy atom. The molecule has 3 amide bonds. The zero-order valence-electron chi connectivity index (χ0n) is 15.9. The monoisotopic (exact) mass is 372 g/mol. The molecule has 0 spiro atoms. The summed E-state index contributed by atoms with van der Waals surface area (Å²) in [5, 5.41) is 2.89. The predicted octanol–water partition coefficient (Wildman–Crippen LogP) is 0.817. The van der Waals surface area contributed by atoms with Crippen LogP contribution in [0, 0.1) is 0 Å². The Bertz CT molecular complexity index is 663. The average molecular weight is 372 g/mol. The molecule has 0 atom stereocenters. The van der Waals surface area contributed by atoms with Crippen LogP contribution < -0.4 is 5.32 Å². The van der Waals surface area contributed by atoms with Gasteiger partial charge in [0, 0.05) is 45.7 Å². The van der Waals surface area contributed by atoms with E-state index in [-0.39, 0.29) is 30.7 Å². The number of imide groups is 1. The number of benzene rings is 1. The van der Waals surface area contributed by atoms with Gasteiger partial charge in [-0.05, 0) is 31.6 Å². The first-order valence-electron chi connectivity index (χ1n) is 9.76. The van der Waals surface area contributed by atoms with Crippen LogP contribution in [-0.2, 0) is 4.79 Å². The van der Waals surface area contributed by atoms with Gasteiger partial charge in [0.15, 0.2) is 0 Å². The van der Waals surface area contributed by atoms with Gasteiger partial charge < -0.3 is 15.1 Å². The molecular weight excluding hydrogens is 344 g/mol. The normalized spacial score (nSPS) is 18.0. The second kappa shape index (κ2) is 9.10. The van der Waals surface area contributed by atoms with Crippen molar-refractivity contribution in [3.63, 3.8) is 0 Å². The Morgan fingerprint density at radius 1 is 0.963 bits per heavy atom. The number of hydrogen-bond acceptors (Lipinski definition) is 5. The number of likely N-dealkylation sites (N-methyl/N-ethyl adjacent to an activating group) is 1. The highest BCUT2D eigenvalue weighted by atomic mass is 16.2. The maximum absolute atomic E-state index is 12.3. The van der Waals surface area contributed by atoms with E-state index in [1.54, 1.807) is 24.3 Å². The smallest absolute Gasteiger partial charge is 0.261 e. The third-order valence-electron chi connectivity index (χ3n) is 5.33. The first-order chi connectivity index (χ1) is 13.1. The van der Waals surface area contributed by atoms with E-state index in [1.807, 2.05) is 0 Å². The molecule has 3 rings (SSSR count). The van der Waals surface area contributed by atoms with E-state index >= 15 is 0 Å². The van der Waals surface area contributed by atoms with Crippen LogP contribution in [0.5, 0.6) is 0 Å². The molecule has 0 saturated carbocycles. The van der Waals surface area contributed by atoms with Gasteiger partial charge in [-0.1, -0.05) is 19.1 Å². The average Bonchev–Trinajstić information content (AvgIpc) is 2.94. The summed E-state index contributed by atoms with van der Waals surface area (Å²) in [6, 6.07) is 6.77. The number of piperazine rings is 1. The van der Waals surface area contributed by atoms with Gasteiger partial charge in [-0.3, -0.25) is 19.3 Å². The van der Waals surface area contributed by atoms with Crippen molar-refractivity contribution in [1.82, 2.24) is 20.0 Å². The molecule has 7 nitrogen and oxygen atoms in total. The Balaban J connectivity index is 1.33. The fourth-order valence-corrected chi connectivity index (χ4v) is 3.60. The number of carbonyl (C=O) groups excluding carboxylic acids is 3. The van der Waals surface area contributed by atoms with Gasteiger partial charge in [0.1, 0.15) is 0 Å². The van der Waals surface area contributed by atoms with E-state index in [2.05, 4.69) is 22.0 Å². The third kappa shape index (κ3) is 4.73. The van der Waals surface area contributed by atoms with Crippen LogP contribution >= 0.6 is 0 Å². The second-order valence-electron chi connectivity index (χ2n) is 7.04. The highest BCUT2D eigenvalue weighted by molar-refractivity contribution is 6.21. The Hall–Kier alpha value is -2.25. The molecule has 0 aliphatic carbocycles. The van der Waals surface area contributed by atoms with Crippen molar-refractivity contribution in [2.75, 3.05) is 52.4 Å². The zero-order chi connectivity index (χ0) is 19.2. The van der Waals surface area contributed by atoms with Crippen molar-refractivity contribution in [3.8, 4) is 0 Å². The minimum absolute atomic E-state index is 0.122. The SMILES string of the molecule is CCN1CCN(CCCNC(=O)CCN2C(=O)c3ccccc3C2=O)CC1. The summed E-state index contributed by atoms with van der Waals surface area (Å²) >= 11 is 0. The van der Waals surface area contributed by atoms with Gasteiger partial charge in [-0.2, -0.15) is 0 Å². The first kappa shape index (κ1) is 19.5. The quantitative estimate of drug-likeness (QED) is 0.540. The van der Waals surface area contributed by atoms with Crippen molar-refractivity contribution in [3.05, 3.63) is 35.4 Å². The number of fused-ring (bicyclic) bond motifs is 1. The van der Waals surface area contributed by atoms with Gasteiger partial charge in [0.25, 0.3) is 11.8 Å². The highest BCUT2D eigenvalue weighted by Crippen LogP contribution is 2.22. The van der Waals surface area contributed by atoms with Crippen molar-refractivity contribution in [2.45, 2.75) is 19.8 Å². The van der Waals surface area contributed by atoms with Crippen molar-refractivity contribution < 1.29 is 14.4 Å². The van der Waals surface area contributed by atoms with Gasteiger partial charge in [0.05, 0.1) is 11.1 Å². The highest BCUT2D eigenvalue weighted by Gasteiger charge is 2.34. The minimum atomic E-state index is -0.311. The van der Waals surface area contributed by atoms with E-state index in [0.717, 1.165) is 50.6 Å². The molecule has 2 aliphatic heterocycles. The van der Waals surface area contributed by atoms with E-state index in [1.165, 1.54) is 0 Å². The fraction of sp³-hybridized carbons (Fsp3) is 0.550. The van der Waals surface area contributed by atoms with E-state index < -0.39 is 0 Å². The summed E-state index contributed by atoms with van der Waals surface area (Å²) in [7, 11) is 0. The molecule has 0 radical (unpaired) electrons. The Labute approximate surface area is 160 Å². The molecule has 0 bridgehead atoms. The second-order valence-corrected chi connectivity index (χ2v) is 7.04. The number of carbonyl (C=O) groups is 3. The largest absolute Gasteiger partial charge is 0.356 e. The molecule has 1 N–H and O–H groups in total. The molecule has 7 heteroatoms. The topological polar surface area (TPSA) is 73.0 Å². The number of nitrogens with zero attached hydrogens (tertiary/aromatic N) is 3. The molecule has 2 heterocycles. The van der Waals surface area contributed by atoms with E-state index in [9.17, 15) is 14.4 Å². The number of hydrogen-bond donors (Lipinski definition) is 1. The third-order valence-corrected chi connectivity index (χ3v) is 5.33. The molecule has 1 aromatic rings. The molecule has 1 fully saturated rings. The zero-order valence-corrected chi connectivity index (χ0v) is 15.9.